The zero-order valence-corrected chi connectivity index (χ0v) is 21.4. The van der Waals surface area contributed by atoms with Crippen molar-refractivity contribution < 1.29 is 24.1 Å². The number of aliphatic hydroxyl groups is 1. The van der Waals surface area contributed by atoms with Gasteiger partial charge in [-0.15, -0.1) is 0 Å². The number of primary amides is 1. The number of rotatable bonds is 11. The molecule has 4 aromatic rings. The van der Waals surface area contributed by atoms with Crippen LogP contribution in [0.5, 0.6) is 0 Å². The van der Waals surface area contributed by atoms with Crippen molar-refractivity contribution in [2.45, 2.75) is 30.5 Å². The summed E-state index contributed by atoms with van der Waals surface area (Å²) in [7, 11) is 0. The number of nitrogen functional groups attached to an aromatic ring is 1. The first-order valence-electron chi connectivity index (χ1n) is 12.8. The third kappa shape index (κ3) is 5.30. The Kier molecular flexibility index (Phi) is 8.04. The number of aromatic nitrogens is 2. The fraction of sp³-hybridized carbons (Fsp3) is 0.267. The highest BCUT2D eigenvalue weighted by Crippen LogP contribution is 2.42. The first kappa shape index (κ1) is 26.6. The van der Waals surface area contributed by atoms with Gasteiger partial charge in [-0.05, 0) is 16.7 Å². The van der Waals surface area contributed by atoms with Crippen molar-refractivity contribution in [2.75, 3.05) is 25.6 Å². The quantitative estimate of drug-likeness (QED) is 0.254. The lowest BCUT2D eigenvalue weighted by atomic mass is 9.80. The summed E-state index contributed by atoms with van der Waals surface area (Å²) in [6.45, 7) is 0.183. The molecule has 1 fully saturated rings. The maximum Gasteiger partial charge on any atom is 0.271 e. The summed E-state index contributed by atoms with van der Waals surface area (Å²) >= 11 is 0. The van der Waals surface area contributed by atoms with Gasteiger partial charge < -0.3 is 30.8 Å². The molecule has 1 unspecified atom stereocenters. The van der Waals surface area contributed by atoms with E-state index in [9.17, 15) is 9.90 Å². The van der Waals surface area contributed by atoms with Gasteiger partial charge in [-0.1, -0.05) is 91.0 Å². The molecule has 1 aromatic heterocycles. The maximum atomic E-state index is 11.7. The van der Waals surface area contributed by atoms with E-state index in [1.807, 2.05) is 54.6 Å². The zero-order valence-electron chi connectivity index (χ0n) is 21.4. The molecule has 0 radical (unpaired) electrons. The molecule has 0 bridgehead atoms. The van der Waals surface area contributed by atoms with E-state index in [1.54, 1.807) is 4.57 Å². The normalized spacial score (nSPS) is 19.3. The van der Waals surface area contributed by atoms with Crippen molar-refractivity contribution in [1.29, 1.82) is 0 Å². The number of amides is 1. The maximum absolute atomic E-state index is 11.7. The third-order valence-corrected chi connectivity index (χ3v) is 6.98. The van der Waals surface area contributed by atoms with Crippen molar-refractivity contribution in [3.8, 4) is 0 Å². The van der Waals surface area contributed by atoms with Gasteiger partial charge in [-0.3, -0.25) is 9.36 Å². The molecule has 0 saturated carbocycles. The van der Waals surface area contributed by atoms with E-state index in [1.165, 1.54) is 6.33 Å². The molecule has 1 amide bonds. The molecule has 1 saturated heterocycles. The van der Waals surface area contributed by atoms with Gasteiger partial charge in [0.25, 0.3) is 5.91 Å². The summed E-state index contributed by atoms with van der Waals surface area (Å²) in [5, 5.41) is 9.43. The largest absolute Gasteiger partial charge is 0.394 e. The molecule has 1 aliphatic rings. The van der Waals surface area contributed by atoms with Crippen LogP contribution in [0, 0.1) is 0 Å². The zero-order chi connectivity index (χ0) is 27.2. The van der Waals surface area contributed by atoms with Gasteiger partial charge in [-0.2, -0.15) is 0 Å². The molecule has 0 spiro atoms. The first-order valence-corrected chi connectivity index (χ1v) is 12.8. The lowest BCUT2D eigenvalue weighted by molar-refractivity contribution is -0.105. The van der Waals surface area contributed by atoms with E-state index >= 15 is 0 Å². The van der Waals surface area contributed by atoms with Gasteiger partial charge in [-0.25, -0.2) is 4.98 Å². The number of hydrogen-bond donors (Lipinski definition) is 3. The summed E-state index contributed by atoms with van der Waals surface area (Å²) in [6.07, 6.45) is 0.399. The minimum absolute atomic E-state index is 0.0117. The molecule has 3 aromatic carbocycles. The molecule has 202 valence electrons. The van der Waals surface area contributed by atoms with Gasteiger partial charge in [0.15, 0.2) is 5.69 Å². The average molecular weight is 529 g/mol. The molecule has 9 nitrogen and oxygen atoms in total. The fourth-order valence-electron chi connectivity index (χ4n) is 5.17. The smallest absolute Gasteiger partial charge is 0.271 e. The van der Waals surface area contributed by atoms with E-state index in [0.717, 1.165) is 16.7 Å². The topological polar surface area (TPSA) is 135 Å². The number of benzene rings is 3. The molecule has 9 heteroatoms. The Hall–Kier alpha value is -4.02. The minimum Gasteiger partial charge on any atom is -0.394 e. The molecular formula is C30H32N4O5. The minimum atomic E-state index is -0.931. The van der Waals surface area contributed by atoms with Crippen LogP contribution < -0.4 is 11.5 Å². The Morgan fingerprint density at radius 3 is 1.97 bits per heavy atom. The third-order valence-electron chi connectivity index (χ3n) is 6.98. The van der Waals surface area contributed by atoms with Crippen LogP contribution in [0.4, 0.5) is 5.82 Å². The second-order valence-corrected chi connectivity index (χ2v) is 9.34. The van der Waals surface area contributed by atoms with Crippen LogP contribution in [0.25, 0.3) is 0 Å². The van der Waals surface area contributed by atoms with Crippen molar-refractivity contribution in [2.24, 2.45) is 5.73 Å². The fourth-order valence-corrected chi connectivity index (χ4v) is 5.17. The Balaban J connectivity index is 1.50. The second kappa shape index (κ2) is 11.8. The summed E-state index contributed by atoms with van der Waals surface area (Å²) in [5.74, 6) is -0.585. The summed E-state index contributed by atoms with van der Waals surface area (Å²) in [5.41, 5.74) is 13.5. The highest BCUT2D eigenvalue weighted by Gasteiger charge is 2.43. The Labute approximate surface area is 226 Å². The predicted octanol–water partition coefficient (Wildman–Crippen LogP) is 3.24. The Morgan fingerprint density at radius 2 is 1.51 bits per heavy atom. The second-order valence-electron chi connectivity index (χ2n) is 9.34. The van der Waals surface area contributed by atoms with E-state index in [0.29, 0.717) is 6.42 Å². The number of ether oxygens (including phenoxy) is 3. The van der Waals surface area contributed by atoms with Crippen LogP contribution >= 0.6 is 0 Å². The molecule has 3 atom stereocenters. The van der Waals surface area contributed by atoms with Gasteiger partial charge in [0.05, 0.1) is 32.3 Å². The average Bonchev–Trinajstić information content (AvgIpc) is 3.57. The molecule has 5 N–H and O–H groups in total. The molecule has 1 aliphatic heterocycles. The van der Waals surface area contributed by atoms with Crippen LogP contribution in [0.15, 0.2) is 97.3 Å². The Morgan fingerprint density at radius 1 is 0.974 bits per heavy atom. The number of nitrogens with zero attached hydrogens (tertiary/aromatic N) is 2. The SMILES string of the molecule is NC(=O)c1ncn([C@H]2CC(OCCO)[C@@H](COC(c3ccccc3)(c3ccccc3)c3ccccc3)O2)c1N. The number of hydrogen-bond acceptors (Lipinski definition) is 7. The molecule has 39 heavy (non-hydrogen) atoms. The van der Waals surface area contributed by atoms with Crippen LogP contribution in [0.3, 0.4) is 0 Å². The molecular weight excluding hydrogens is 496 g/mol. The van der Waals surface area contributed by atoms with Crippen molar-refractivity contribution in [3.05, 3.63) is 120 Å². The van der Waals surface area contributed by atoms with Gasteiger partial charge >= 0.3 is 0 Å². The van der Waals surface area contributed by atoms with E-state index < -0.39 is 29.9 Å². The van der Waals surface area contributed by atoms with Crippen molar-refractivity contribution in [1.82, 2.24) is 9.55 Å². The number of nitrogens with two attached hydrogens (primary N) is 2. The number of anilines is 1. The summed E-state index contributed by atoms with van der Waals surface area (Å²) in [4.78, 5) is 15.7. The lowest BCUT2D eigenvalue weighted by Gasteiger charge is -2.37. The monoisotopic (exact) mass is 528 g/mol. The van der Waals surface area contributed by atoms with Crippen LogP contribution in [0.1, 0.15) is 39.8 Å². The van der Waals surface area contributed by atoms with E-state index in [4.69, 9.17) is 25.7 Å². The van der Waals surface area contributed by atoms with Crippen LogP contribution in [0.2, 0.25) is 0 Å². The highest BCUT2D eigenvalue weighted by molar-refractivity contribution is 5.95. The first-order chi connectivity index (χ1) is 19.0. The van der Waals surface area contributed by atoms with E-state index in [-0.39, 0.29) is 31.3 Å². The number of carbonyl (C=O) groups is 1. The van der Waals surface area contributed by atoms with Crippen LogP contribution in [-0.4, -0.2) is 52.6 Å². The number of aliphatic hydroxyl groups excluding tert-OH is 1. The molecule has 0 aliphatic carbocycles. The molecule has 5 rings (SSSR count). The van der Waals surface area contributed by atoms with E-state index in [2.05, 4.69) is 41.4 Å². The molecule has 2 heterocycles. The van der Waals surface area contributed by atoms with Gasteiger partial charge in [0, 0.05) is 6.42 Å². The lowest BCUT2D eigenvalue weighted by Crippen LogP contribution is -2.38. The summed E-state index contributed by atoms with van der Waals surface area (Å²) in [6, 6.07) is 30.2. The summed E-state index contributed by atoms with van der Waals surface area (Å²) < 4.78 is 20.9. The van der Waals surface area contributed by atoms with Gasteiger partial charge in [0.1, 0.15) is 23.8 Å². The Bertz CT molecular complexity index is 1270. The highest BCUT2D eigenvalue weighted by atomic mass is 16.6. The number of carbonyl (C=O) groups excluding carboxylic acids is 1. The van der Waals surface area contributed by atoms with Crippen LogP contribution in [-0.2, 0) is 19.8 Å². The standard InChI is InChI=1S/C30H32N4O5/c31-28-27(29(32)36)33-20-34(28)26-18-24(37-17-16-35)25(39-26)19-38-30(21-10-4-1-5-11-21,22-12-6-2-7-13-22)23-14-8-3-9-15-23/h1-15,20,24-26,35H,16-19,31H2,(H2,32,36)/t24?,25-,26-/m1/s1. The van der Waals surface area contributed by atoms with Gasteiger partial charge in [0.2, 0.25) is 0 Å². The number of imidazole rings is 1. The van der Waals surface area contributed by atoms with Crippen molar-refractivity contribution >= 4 is 11.7 Å². The van der Waals surface area contributed by atoms with Crippen molar-refractivity contribution in [3.63, 3.8) is 0 Å². The predicted molar refractivity (Wildman–Crippen MR) is 146 cm³/mol.